The molecule has 0 saturated carbocycles. The Morgan fingerprint density at radius 1 is 0.632 bits per heavy atom. The maximum absolute atomic E-state index is 5.06. The van der Waals surface area contributed by atoms with Crippen molar-refractivity contribution in [2.45, 2.75) is 51.9 Å². The number of nitrogens with zero attached hydrogens (tertiary/aromatic N) is 2. The van der Waals surface area contributed by atoms with Gasteiger partial charge in [-0.15, -0.1) is 0 Å². The van der Waals surface area contributed by atoms with Crippen LogP contribution in [0, 0.1) is 0 Å². The molecule has 0 bridgehead atoms. The molecule has 2 heteroatoms. The van der Waals surface area contributed by atoms with E-state index in [4.69, 9.17) is 4.98 Å². The Morgan fingerprint density at radius 2 is 1.32 bits per heavy atom. The molecule has 0 amide bonds. The molecular formula is C55H46N2. The molecule has 0 radical (unpaired) electrons. The van der Waals surface area contributed by atoms with Gasteiger partial charge >= 0.3 is 0 Å². The number of aromatic nitrogens is 2. The smallest absolute Gasteiger partial charge is 0.0719 e. The van der Waals surface area contributed by atoms with E-state index in [1.165, 1.54) is 55.2 Å². The van der Waals surface area contributed by atoms with E-state index in [2.05, 4.69) is 163 Å². The maximum atomic E-state index is 5.06. The Morgan fingerprint density at radius 3 is 2.04 bits per heavy atom. The fourth-order valence-corrected chi connectivity index (χ4v) is 10.2. The first-order valence-electron chi connectivity index (χ1n) is 20.6. The molecule has 0 N–H and O–H groups in total. The molecular weight excluding hydrogens is 689 g/mol. The van der Waals surface area contributed by atoms with Crippen LogP contribution in [0.15, 0.2) is 193 Å². The SMILES string of the molecule is C=C/C(=C\C)c1cc(-c2ccc(-n3c4ccccc4c4cc5c(cc43)-c3ccccc3C53C4=C(CCC=C4)C4=C3C=CCC4)cc2)cc(-c2ccccc2)n1.CC. The number of para-hydroxylation sites is 1. The molecule has 0 saturated heterocycles. The zero-order valence-corrected chi connectivity index (χ0v) is 33.0. The quantitative estimate of drug-likeness (QED) is 0.161. The van der Waals surface area contributed by atoms with Gasteiger partial charge in [0.15, 0.2) is 0 Å². The van der Waals surface area contributed by atoms with Gasteiger partial charge in [0.1, 0.15) is 0 Å². The summed E-state index contributed by atoms with van der Waals surface area (Å²) in [6.45, 7) is 10.1. The molecule has 5 aromatic carbocycles. The van der Waals surface area contributed by atoms with Crippen molar-refractivity contribution in [2.24, 2.45) is 0 Å². The third kappa shape index (κ3) is 5.13. The summed E-state index contributed by atoms with van der Waals surface area (Å²) in [7, 11) is 0. The zero-order valence-electron chi connectivity index (χ0n) is 33.0. The first kappa shape index (κ1) is 34.9. The summed E-state index contributed by atoms with van der Waals surface area (Å²) in [5, 5.41) is 2.58. The molecule has 57 heavy (non-hydrogen) atoms. The number of hydrogen-bond acceptors (Lipinski definition) is 1. The Bertz CT molecular complexity index is 2880. The second-order valence-corrected chi connectivity index (χ2v) is 15.2. The number of hydrogen-bond donors (Lipinski definition) is 0. The maximum Gasteiger partial charge on any atom is 0.0719 e. The van der Waals surface area contributed by atoms with Crippen LogP contribution in [0.3, 0.4) is 0 Å². The first-order valence-corrected chi connectivity index (χ1v) is 20.6. The van der Waals surface area contributed by atoms with Gasteiger partial charge in [-0.2, -0.15) is 0 Å². The Balaban J connectivity index is 0.00000195. The fraction of sp³-hybridized carbons (Fsp3) is 0.145. The minimum absolute atomic E-state index is 0.274. The molecule has 0 fully saturated rings. The van der Waals surface area contributed by atoms with Gasteiger partial charge in [0.05, 0.1) is 27.8 Å². The minimum Gasteiger partial charge on any atom is -0.309 e. The van der Waals surface area contributed by atoms with E-state index in [1.807, 2.05) is 32.9 Å². The van der Waals surface area contributed by atoms with E-state index in [1.54, 1.807) is 11.1 Å². The lowest BCUT2D eigenvalue weighted by Gasteiger charge is -2.34. The molecule has 2 aromatic heterocycles. The van der Waals surface area contributed by atoms with E-state index in [0.29, 0.717) is 0 Å². The largest absolute Gasteiger partial charge is 0.309 e. The Kier molecular flexibility index (Phi) is 8.52. The third-order valence-corrected chi connectivity index (χ3v) is 12.5. The van der Waals surface area contributed by atoms with Crippen LogP contribution in [-0.2, 0) is 5.41 Å². The Labute approximate surface area is 336 Å². The lowest BCUT2D eigenvalue weighted by Crippen LogP contribution is -2.28. The van der Waals surface area contributed by atoms with Crippen LogP contribution in [0.4, 0.5) is 0 Å². The summed E-state index contributed by atoms with van der Waals surface area (Å²) in [6.07, 6.45) is 18.2. The number of rotatable bonds is 5. The van der Waals surface area contributed by atoms with Crippen molar-refractivity contribution in [3.63, 3.8) is 0 Å². The van der Waals surface area contributed by atoms with Crippen molar-refractivity contribution in [2.75, 3.05) is 0 Å². The van der Waals surface area contributed by atoms with Gasteiger partial charge in [-0.25, -0.2) is 4.98 Å². The monoisotopic (exact) mass is 734 g/mol. The van der Waals surface area contributed by atoms with Crippen LogP contribution < -0.4 is 0 Å². The van der Waals surface area contributed by atoms with E-state index in [9.17, 15) is 0 Å². The van der Waals surface area contributed by atoms with Crippen molar-refractivity contribution in [3.05, 3.63) is 210 Å². The van der Waals surface area contributed by atoms with Crippen LogP contribution in [0.1, 0.15) is 63.3 Å². The molecule has 276 valence electrons. The van der Waals surface area contributed by atoms with Gasteiger partial charge < -0.3 is 4.57 Å². The molecule has 7 aromatic rings. The van der Waals surface area contributed by atoms with E-state index >= 15 is 0 Å². The standard InChI is InChI=1S/C53H40N2.C2H6/c1-3-34(4-2)49-30-37(31-50(54-49)36-16-6-5-7-17-36)35-26-28-38(29-27-35)55-51-25-15-11-21-42(51)44-32-48-43(33-52(44)55)41-20-10-14-24-47(41)53(48)45-22-12-8-18-39(45)40-19-9-13-23-46(40)53;1-2/h3-7,10-17,20-33H,1,8-9,18-19H2,2H3;1-2H3/b34-4+;. The normalized spacial score (nSPS) is 16.1. The summed E-state index contributed by atoms with van der Waals surface area (Å²) >= 11 is 0. The predicted octanol–water partition coefficient (Wildman–Crippen LogP) is 14.7. The summed E-state index contributed by atoms with van der Waals surface area (Å²) in [6, 6.07) is 47.1. The summed E-state index contributed by atoms with van der Waals surface area (Å²) in [5.41, 5.74) is 21.4. The number of fused-ring (bicyclic) bond motifs is 11. The summed E-state index contributed by atoms with van der Waals surface area (Å²) in [4.78, 5) is 5.06. The molecule has 0 aliphatic heterocycles. The first-order chi connectivity index (χ1) is 28.2. The highest BCUT2D eigenvalue weighted by Crippen LogP contribution is 2.64. The number of pyridine rings is 1. The second kappa shape index (κ2) is 13.9. The van der Waals surface area contributed by atoms with Gasteiger partial charge in [0.25, 0.3) is 0 Å². The lowest BCUT2D eigenvalue weighted by molar-refractivity contribution is 0.763. The van der Waals surface area contributed by atoms with Crippen LogP contribution in [0.25, 0.3) is 66.6 Å². The number of allylic oxidation sites excluding steroid dienone is 11. The highest BCUT2D eigenvalue weighted by Gasteiger charge is 2.53. The van der Waals surface area contributed by atoms with Gasteiger partial charge in [-0.3, -0.25) is 0 Å². The number of benzene rings is 5. The molecule has 0 atom stereocenters. The topological polar surface area (TPSA) is 17.8 Å². The van der Waals surface area contributed by atoms with Gasteiger partial charge in [-0.05, 0) is 136 Å². The highest BCUT2D eigenvalue weighted by atomic mass is 15.0. The van der Waals surface area contributed by atoms with E-state index in [-0.39, 0.29) is 5.41 Å². The van der Waals surface area contributed by atoms with Crippen molar-refractivity contribution >= 4 is 27.4 Å². The van der Waals surface area contributed by atoms with Gasteiger partial charge in [0, 0.05) is 22.0 Å². The van der Waals surface area contributed by atoms with Crippen molar-refractivity contribution < 1.29 is 0 Å². The van der Waals surface area contributed by atoms with Crippen molar-refractivity contribution in [3.8, 4) is 39.2 Å². The van der Waals surface area contributed by atoms with Crippen LogP contribution in [0.2, 0.25) is 0 Å². The predicted molar refractivity (Wildman–Crippen MR) is 242 cm³/mol. The van der Waals surface area contributed by atoms with Gasteiger partial charge in [0.2, 0.25) is 0 Å². The molecule has 1 spiro atoms. The average molecular weight is 735 g/mol. The summed E-state index contributed by atoms with van der Waals surface area (Å²) in [5.74, 6) is 0. The van der Waals surface area contributed by atoms with E-state index < -0.39 is 0 Å². The molecule has 0 unspecified atom stereocenters. The third-order valence-electron chi connectivity index (χ3n) is 12.5. The van der Waals surface area contributed by atoms with E-state index in [0.717, 1.165) is 65.0 Å². The lowest BCUT2D eigenvalue weighted by atomic mass is 9.67. The van der Waals surface area contributed by atoms with Gasteiger partial charge in [-0.1, -0.05) is 142 Å². The Hall–Kier alpha value is -6.51. The molecule has 4 aliphatic carbocycles. The molecule has 2 heterocycles. The second-order valence-electron chi connectivity index (χ2n) is 15.2. The summed E-state index contributed by atoms with van der Waals surface area (Å²) < 4.78 is 2.47. The average Bonchev–Trinajstić information content (AvgIpc) is 3.88. The van der Waals surface area contributed by atoms with Crippen LogP contribution >= 0.6 is 0 Å². The fourth-order valence-electron chi connectivity index (χ4n) is 10.2. The van der Waals surface area contributed by atoms with Crippen molar-refractivity contribution in [1.29, 1.82) is 0 Å². The molecule has 4 aliphatic rings. The van der Waals surface area contributed by atoms with Crippen LogP contribution in [-0.4, -0.2) is 9.55 Å². The zero-order chi connectivity index (χ0) is 38.7. The van der Waals surface area contributed by atoms with Crippen LogP contribution in [0.5, 0.6) is 0 Å². The van der Waals surface area contributed by atoms with Crippen molar-refractivity contribution in [1.82, 2.24) is 9.55 Å². The molecule has 11 rings (SSSR count). The highest BCUT2D eigenvalue weighted by molar-refractivity contribution is 6.12. The minimum atomic E-state index is -0.274. The molecule has 2 nitrogen and oxygen atoms in total.